The first-order valence-corrected chi connectivity index (χ1v) is 9.51. The Bertz CT molecular complexity index is 1330. The zero-order chi connectivity index (χ0) is 19.3. The minimum Gasteiger partial charge on any atom is -0.451 e. The van der Waals surface area contributed by atoms with E-state index in [1.807, 2.05) is 42.8 Å². The minimum atomic E-state index is -0.356. The molecule has 1 N–H and O–H groups in total. The van der Waals surface area contributed by atoms with Gasteiger partial charge in [0.25, 0.3) is 5.91 Å². The lowest BCUT2D eigenvalue weighted by molar-refractivity contribution is 0.0997. The van der Waals surface area contributed by atoms with Crippen molar-refractivity contribution in [3.63, 3.8) is 0 Å². The summed E-state index contributed by atoms with van der Waals surface area (Å²) in [5.74, 6) is 0.0995. The van der Waals surface area contributed by atoms with Crippen LogP contribution in [0.5, 0.6) is 0 Å². The van der Waals surface area contributed by atoms with E-state index < -0.39 is 0 Å². The molecule has 0 saturated carbocycles. The van der Waals surface area contributed by atoms with Crippen LogP contribution < -0.4 is 5.32 Å². The number of nitrogens with zero attached hydrogens (tertiary/aromatic N) is 2. The Morgan fingerprint density at radius 1 is 1.18 bits per heavy atom. The number of hydrogen-bond acceptors (Lipinski definition) is 4. The van der Waals surface area contributed by atoms with E-state index in [0.29, 0.717) is 22.7 Å². The third kappa shape index (κ3) is 2.59. The summed E-state index contributed by atoms with van der Waals surface area (Å²) in [5.41, 5.74) is 2.74. The van der Waals surface area contributed by atoms with Crippen molar-refractivity contribution < 1.29 is 13.6 Å². The van der Waals surface area contributed by atoms with Crippen molar-refractivity contribution in [3.05, 3.63) is 77.2 Å². The highest BCUT2D eigenvalue weighted by atomic mass is 32.1. The Morgan fingerprint density at radius 2 is 1.96 bits per heavy atom. The molecule has 3 aromatic heterocycles. The van der Waals surface area contributed by atoms with Crippen molar-refractivity contribution in [2.24, 2.45) is 0 Å². The maximum atomic E-state index is 13.3. The average Bonchev–Trinajstić information content (AvgIpc) is 3.38. The van der Waals surface area contributed by atoms with Crippen molar-refractivity contribution in [1.29, 1.82) is 0 Å². The van der Waals surface area contributed by atoms with Crippen molar-refractivity contribution in [1.82, 2.24) is 9.38 Å². The van der Waals surface area contributed by atoms with Gasteiger partial charge in [0, 0.05) is 28.1 Å². The summed E-state index contributed by atoms with van der Waals surface area (Å²) in [5, 5.41) is 5.72. The van der Waals surface area contributed by atoms with Crippen LogP contribution in [-0.4, -0.2) is 15.3 Å². The number of carbonyl (C=O) groups is 1. The van der Waals surface area contributed by atoms with Crippen molar-refractivity contribution in [2.75, 3.05) is 5.32 Å². The van der Waals surface area contributed by atoms with Crippen LogP contribution in [-0.2, 0) is 0 Å². The molecule has 3 heterocycles. The summed E-state index contributed by atoms with van der Waals surface area (Å²) in [6.45, 7) is 1.86. The summed E-state index contributed by atoms with van der Waals surface area (Å²) < 4.78 is 20.9. The Hall–Kier alpha value is -3.45. The largest absolute Gasteiger partial charge is 0.451 e. The number of nitrogens with one attached hydrogen (secondary N) is 1. The van der Waals surface area contributed by atoms with Gasteiger partial charge >= 0.3 is 0 Å². The fraction of sp³-hybridized carbons (Fsp3) is 0.0476. The molecule has 0 saturated heterocycles. The van der Waals surface area contributed by atoms with Crippen molar-refractivity contribution in [2.45, 2.75) is 6.92 Å². The third-order valence-corrected chi connectivity index (χ3v) is 5.42. The molecule has 2 aromatic carbocycles. The van der Waals surface area contributed by atoms with Gasteiger partial charge in [-0.05, 0) is 37.3 Å². The minimum absolute atomic E-state index is 0.261. The monoisotopic (exact) mass is 391 g/mol. The van der Waals surface area contributed by atoms with Gasteiger partial charge in [0.1, 0.15) is 22.9 Å². The Morgan fingerprint density at radius 3 is 2.75 bits per heavy atom. The second kappa shape index (κ2) is 6.31. The van der Waals surface area contributed by atoms with E-state index in [4.69, 9.17) is 4.42 Å². The number of imidazole rings is 1. The maximum absolute atomic E-state index is 13.3. The van der Waals surface area contributed by atoms with E-state index in [0.717, 1.165) is 15.9 Å². The molecular formula is C21H14FN3O2S. The molecule has 5 rings (SSSR count). The molecular weight excluding hydrogens is 377 g/mol. The summed E-state index contributed by atoms with van der Waals surface area (Å²) in [7, 11) is 0. The molecule has 0 unspecified atom stereocenters. The SMILES string of the molecule is Cc1c(C(=O)Nc2c(-c3ccc(F)cc3)nc3sccn23)oc2ccccc12. The van der Waals surface area contributed by atoms with E-state index in [1.165, 1.54) is 23.5 Å². The fourth-order valence-electron chi connectivity index (χ4n) is 3.27. The molecule has 0 radical (unpaired) electrons. The summed E-state index contributed by atoms with van der Waals surface area (Å²) >= 11 is 1.45. The molecule has 28 heavy (non-hydrogen) atoms. The normalized spacial score (nSPS) is 11.4. The second-order valence-electron chi connectivity index (χ2n) is 6.38. The number of aryl methyl sites for hydroxylation is 1. The second-order valence-corrected chi connectivity index (χ2v) is 7.25. The van der Waals surface area contributed by atoms with Crippen molar-refractivity contribution in [3.8, 4) is 11.3 Å². The molecule has 0 fully saturated rings. The fourth-order valence-corrected chi connectivity index (χ4v) is 3.98. The van der Waals surface area contributed by atoms with Crippen LogP contribution in [0, 0.1) is 12.7 Å². The summed E-state index contributed by atoms with van der Waals surface area (Å²) in [4.78, 5) is 18.3. The molecule has 0 aliphatic heterocycles. The molecule has 0 spiro atoms. The van der Waals surface area contributed by atoms with E-state index in [1.54, 1.807) is 16.5 Å². The van der Waals surface area contributed by atoms with Gasteiger partial charge in [-0.15, -0.1) is 11.3 Å². The molecule has 0 aliphatic carbocycles. The predicted octanol–water partition coefficient (Wildman–Crippen LogP) is 5.51. The number of hydrogen-bond donors (Lipinski definition) is 1. The van der Waals surface area contributed by atoms with E-state index in [-0.39, 0.29) is 17.5 Å². The topological polar surface area (TPSA) is 59.5 Å². The summed E-state index contributed by atoms with van der Waals surface area (Å²) in [6, 6.07) is 13.6. The lowest BCUT2D eigenvalue weighted by atomic mass is 10.1. The highest BCUT2D eigenvalue weighted by Gasteiger charge is 2.22. The van der Waals surface area contributed by atoms with Gasteiger partial charge in [-0.25, -0.2) is 9.37 Å². The average molecular weight is 391 g/mol. The number of fused-ring (bicyclic) bond motifs is 2. The molecule has 138 valence electrons. The van der Waals surface area contributed by atoms with Crippen LogP contribution in [0.25, 0.3) is 27.2 Å². The molecule has 0 aliphatic rings. The molecule has 5 aromatic rings. The maximum Gasteiger partial charge on any atom is 0.292 e. The molecule has 0 bridgehead atoms. The van der Waals surface area contributed by atoms with Gasteiger partial charge in [0.15, 0.2) is 10.7 Å². The summed E-state index contributed by atoms with van der Waals surface area (Å²) in [6.07, 6.45) is 1.83. The Labute approximate surface area is 163 Å². The standard InChI is InChI=1S/C21H14FN3O2S/c1-12-15-4-2-3-5-16(15)27-18(12)20(26)24-19-17(13-6-8-14(22)9-7-13)23-21-25(19)10-11-28-21/h2-11H,1H3,(H,24,26). The highest BCUT2D eigenvalue weighted by molar-refractivity contribution is 7.15. The highest BCUT2D eigenvalue weighted by Crippen LogP contribution is 2.32. The number of thiazole rings is 1. The first-order chi connectivity index (χ1) is 13.6. The first-order valence-electron chi connectivity index (χ1n) is 8.63. The van der Waals surface area contributed by atoms with Gasteiger partial charge in [-0.1, -0.05) is 18.2 Å². The number of halogens is 1. The van der Waals surface area contributed by atoms with Crippen LogP contribution in [0.2, 0.25) is 0 Å². The predicted molar refractivity (Wildman–Crippen MR) is 107 cm³/mol. The van der Waals surface area contributed by atoms with Crippen molar-refractivity contribution >= 4 is 39.0 Å². The third-order valence-electron chi connectivity index (χ3n) is 4.66. The number of anilines is 1. The van der Waals surface area contributed by atoms with Gasteiger partial charge in [-0.2, -0.15) is 0 Å². The smallest absolute Gasteiger partial charge is 0.292 e. The number of furan rings is 1. The van der Waals surface area contributed by atoms with Gasteiger partial charge in [-0.3, -0.25) is 9.20 Å². The van der Waals surface area contributed by atoms with Crippen LogP contribution in [0.15, 0.2) is 64.5 Å². The van der Waals surface area contributed by atoms with Crippen LogP contribution in [0.3, 0.4) is 0 Å². The van der Waals surface area contributed by atoms with E-state index in [9.17, 15) is 9.18 Å². The zero-order valence-electron chi connectivity index (χ0n) is 14.8. The van der Waals surface area contributed by atoms with Crippen LogP contribution in [0.4, 0.5) is 10.2 Å². The number of aromatic nitrogens is 2. The van der Waals surface area contributed by atoms with E-state index in [2.05, 4.69) is 10.3 Å². The lowest BCUT2D eigenvalue weighted by Gasteiger charge is -2.06. The number of rotatable bonds is 3. The van der Waals surface area contributed by atoms with Gasteiger partial charge < -0.3 is 9.73 Å². The lowest BCUT2D eigenvalue weighted by Crippen LogP contribution is -2.14. The van der Waals surface area contributed by atoms with Crippen LogP contribution >= 0.6 is 11.3 Å². The van der Waals surface area contributed by atoms with Gasteiger partial charge in [0.2, 0.25) is 0 Å². The number of amides is 1. The number of para-hydroxylation sites is 1. The number of carbonyl (C=O) groups excluding carboxylic acids is 1. The van der Waals surface area contributed by atoms with E-state index >= 15 is 0 Å². The molecule has 0 atom stereocenters. The van der Waals surface area contributed by atoms with Gasteiger partial charge in [0.05, 0.1) is 0 Å². The Kier molecular flexibility index (Phi) is 3.77. The van der Waals surface area contributed by atoms with Crippen LogP contribution in [0.1, 0.15) is 16.1 Å². The zero-order valence-corrected chi connectivity index (χ0v) is 15.6. The quantitative estimate of drug-likeness (QED) is 0.441. The first kappa shape index (κ1) is 16.7. The number of benzene rings is 2. The molecule has 5 nitrogen and oxygen atoms in total. The molecule has 7 heteroatoms. The molecule has 1 amide bonds. The Balaban J connectivity index is 1.59.